The van der Waals surface area contributed by atoms with Crippen LogP contribution in [0.4, 0.5) is 10.5 Å². The zero-order valence-corrected chi connectivity index (χ0v) is 22.5. The lowest BCUT2D eigenvalue weighted by atomic mass is 9.80. The standard InChI is InChI=1S/C34H33N3O2/c1-35-31(25-17-9-5-10-18-25)32(26-19-11-6-12-20-26)36(2)33(35)28-23-37(34(38)39-3)29-22-14-13-21-27(29)30(28)24-15-7-4-8-16-24/h4-23,30-33H,1-3H3/t30-,31+,32+/m1/s1. The summed E-state index contributed by atoms with van der Waals surface area (Å²) in [5, 5.41) is 0. The Hall–Kier alpha value is -4.19. The number of likely N-dealkylation sites (N-methyl/N-ethyl adjacent to an activating group) is 2. The highest BCUT2D eigenvalue weighted by Crippen LogP contribution is 2.52. The monoisotopic (exact) mass is 515 g/mol. The van der Waals surface area contributed by atoms with Crippen molar-refractivity contribution in [2.24, 2.45) is 0 Å². The maximum absolute atomic E-state index is 13.1. The summed E-state index contributed by atoms with van der Waals surface area (Å²) in [5.41, 5.74) is 6.80. The number of para-hydroxylation sites is 1. The van der Waals surface area contributed by atoms with Gasteiger partial charge in [0.1, 0.15) is 0 Å². The molecule has 1 saturated heterocycles. The number of fused-ring (bicyclic) bond motifs is 1. The molecule has 4 aromatic carbocycles. The van der Waals surface area contributed by atoms with Crippen molar-refractivity contribution >= 4 is 11.8 Å². The van der Waals surface area contributed by atoms with Crippen LogP contribution in [0.5, 0.6) is 0 Å². The molecule has 0 saturated carbocycles. The van der Waals surface area contributed by atoms with Gasteiger partial charge in [0, 0.05) is 12.1 Å². The first-order chi connectivity index (χ1) is 19.1. The van der Waals surface area contributed by atoms with Gasteiger partial charge in [0.05, 0.1) is 31.0 Å². The topological polar surface area (TPSA) is 36.0 Å². The van der Waals surface area contributed by atoms with Crippen LogP contribution < -0.4 is 4.90 Å². The van der Waals surface area contributed by atoms with Crippen molar-refractivity contribution in [2.75, 3.05) is 26.1 Å². The van der Waals surface area contributed by atoms with Gasteiger partial charge in [0.2, 0.25) is 0 Å². The predicted molar refractivity (Wildman–Crippen MR) is 155 cm³/mol. The molecule has 0 N–H and O–H groups in total. The summed E-state index contributed by atoms with van der Waals surface area (Å²) >= 11 is 0. The van der Waals surface area contributed by atoms with Crippen LogP contribution in [-0.4, -0.2) is 43.3 Å². The molecule has 3 atom stereocenters. The number of hydrogen-bond acceptors (Lipinski definition) is 4. The molecular formula is C34H33N3O2. The number of carbonyl (C=O) groups excluding carboxylic acids is 1. The number of hydrogen-bond donors (Lipinski definition) is 0. The molecule has 0 aromatic heterocycles. The van der Waals surface area contributed by atoms with Gasteiger partial charge in [-0.3, -0.25) is 14.7 Å². The number of carbonyl (C=O) groups is 1. The van der Waals surface area contributed by atoms with Crippen molar-refractivity contribution in [2.45, 2.75) is 24.2 Å². The molecule has 0 radical (unpaired) electrons. The fraction of sp³-hybridized carbons (Fsp3) is 0.206. The van der Waals surface area contributed by atoms with Crippen LogP contribution in [0, 0.1) is 0 Å². The molecule has 0 aliphatic carbocycles. The first-order valence-electron chi connectivity index (χ1n) is 13.4. The molecule has 39 heavy (non-hydrogen) atoms. The minimum Gasteiger partial charge on any atom is -0.452 e. The molecule has 196 valence electrons. The summed E-state index contributed by atoms with van der Waals surface area (Å²) < 4.78 is 5.25. The number of benzene rings is 4. The van der Waals surface area contributed by atoms with Gasteiger partial charge in [0.25, 0.3) is 0 Å². The minimum absolute atomic E-state index is 0.0239. The first kappa shape index (κ1) is 25.1. The molecular weight excluding hydrogens is 482 g/mol. The fourth-order valence-corrected chi connectivity index (χ4v) is 6.55. The second-order valence-electron chi connectivity index (χ2n) is 10.3. The van der Waals surface area contributed by atoms with Gasteiger partial charge in [0.15, 0.2) is 0 Å². The number of amides is 1. The molecule has 0 unspecified atom stereocenters. The normalized spacial score (nSPS) is 21.9. The van der Waals surface area contributed by atoms with E-state index in [1.54, 1.807) is 4.90 Å². The Morgan fingerprint density at radius 1 is 0.641 bits per heavy atom. The Bertz CT molecular complexity index is 1420. The second-order valence-corrected chi connectivity index (χ2v) is 10.3. The molecule has 6 rings (SSSR count). The number of methoxy groups -OCH3 is 1. The average molecular weight is 516 g/mol. The van der Waals surface area contributed by atoms with Gasteiger partial charge in [-0.2, -0.15) is 0 Å². The van der Waals surface area contributed by atoms with Gasteiger partial charge >= 0.3 is 6.09 Å². The third-order valence-electron chi connectivity index (χ3n) is 8.15. The third-order valence-corrected chi connectivity index (χ3v) is 8.15. The summed E-state index contributed by atoms with van der Waals surface area (Å²) in [6.45, 7) is 0. The maximum Gasteiger partial charge on any atom is 0.418 e. The third kappa shape index (κ3) is 4.34. The van der Waals surface area contributed by atoms with Crippen molar-refractivity contribution in [3.63, 3.8) is 0 Å². The number of anilines is 1. The Balaban J connectivity index is 1.55. The molecule has 1 fully saturated rings. The van der Waals surface area contributed by atoms with E-state index < -0.39 is 6.09 Å². The Morgan fingerprint density at radius 2 is 1.10 bits per heavy atom. The molecule has 1 amide bonds. The smallest absolute Gasteiger partial charge is 0.418 e. The van der Waals surface area contributed by atoms with Crippen molar-refractivity contribution in [3.05, 3.63) is 149 Å². The Labute approximate surface area is 230 Å². The van der Waals surface area contributed by atoms with Crippen molar-refractivity contribution in [3.8, 4) is 0 Å². The van der Waals surface area contributed by atoms with E-state index >= 15 is 0 Å². The number of nitrogens with zero attached hydrogens (tertiary/aromatic N) is 3. The van der Waals surface area contributed by atoms with Gasteiger partial charge in [-0.1, -0.05) is 109 Å². The van der Waals surface area contributed by atoms with Gasteiger partial charge in [-0.25, -0.2) is 4.79 Å². The second kappa shape index (κ2) is 10.5. The quantitative estimate of drug-likeness (QED) is 0.294. The predicted octanol–water partition coefficient (Wildman–Crippen LogP) is 6.97. The van der Waals surface area contributed by atoms with E-state index in [1.165, 1.54) is 23.8 Å². The zero-order valence-electron chi connectivity index (χ0n) is 22.5. The van der Waals surface area contributed by atoms with Crippen LogP contribution in [0.15, 0.2) is 127 Å². The number of rotatable bonds is 4. The van der Waals surface area contributed by atoms with Crippen LogP contribution in [0.3, 0.4) is 0 Å². The van der Waals surface area contributed by atoms with Crippen molar-refractivity contribution in [1.82, 2.24) is 9.80 Å². The highest BCUT2D eigenvalue weighted by atomic mass is 16.5. The SMILES string of the molecule is COC(=O)N1C=C(C2N(C)[C@@H](c3ccccc3)[C@H](c3ccccc3)N2C)[C@H](c2ccccc2)c2ccccc21. The van der Waals surface area contributed by atoms with Crippen LogP contribution in [0.25, 0.3) is 0 Å². The van der Waals surface area contributed by atoms with E-state index in [1.807, 2.05) is 24.4 Å². The van der Waals surface area contributed by atoms with Gasteiger partial charge in [-0.05, 0) is 48.0 Å². The summed E-state index contributed by atoms with van der Waals surface area (Å²) in [6, 6.07) is 40.4. The lowest BCUT2D eigenvalue weighted by Gasteiger charge is -2.39. The van der Waals surface area contributed by atoms with Crippen molar-refractivity contribution < 1.29 is 9.53 Å². The molecule has 2 aliphatic rings. The summed E-state index contributed by atoms with van der Waals surface area (Å²) in [5.74, 6) is -0.0239. The molecule has 5 nitrogen and oxygen atoms in total. The average Bonchev–Trinajstić information content (AvgIpc) is 3.26. The van der Waals surface area contributed by atoms with E-state index in [4.69, 9.17) is 4.74 Å². The minimum atomic E-state index is -0.394. The van der Waals surface area contributed by atoms with Gasteiger partial charge in [-0.15, -0.1) is 0 Å². The van der Waals surface area contributed by atoms with Crippen molar-refractivity contribution in [1.29, 1.82) is 0 Å². The van der Waals surface area contributed by atoms with E-state index in [-0.39, 0.29) is 24.2 Å². The molecule has 0 spiro atoms. The first-order valence-corrected chi connectivity index (χ1v) is 13.4. The van der Waals surface area contributed by atoms with Crippen LogP contribution in [0.1, 0.15) is 40.3 Å². The Morgan fingerprint density at radius 3 is 1.62 bits per heavy atom. The van der Waals surface area contributed by atoms with E-state index in [0.717, 1.165) is 16.8 Å². The molecule has 0 bridgehead atoms. The van der Waals surface area contributed by atoms with E-state index in [9.17, 15) is 4.79 Å². The van der Waals surface area contributed by atoms with Crippen LogP contribution in [0.2, 0.25) is 0 Å². The van der Waals surface area contributed by atoms with Gasteiger partial charge < -0.3 is 4.74 Å². The lowest BCUT2D eigenvalue weighted by molar-refractivity contribution is 0.178. The molecule has 2 aliphatic heterocycles. The summed E-state index contributed by atoms with van der Waals surface area (Å²) in [7, 11) is 5.84. The number of ether oxygens (including phenoxy) is 1. The molecule has 2 heterocycles. The summed E-state index contributed by atoms with van der Waals surface area (Å²) in [6.07, 6.45) is 1.54. The maximum atomic E-state index is 13.1. The zero-order chi connectivity index (χ0) is 26.9. The molecule has 5 heteroatoms. The van der Waals surface area contributed by atoms with Crippen LogP contribution in [-0.2, 0) is 4.74 Å². The van der Waals surface area contributed by atoms with E-state index in [2.05, 4.69) is 121 Å². The fourth-order valence-electron chi connectivity index (χ4n) is 6.55. The van der Waals surface area contributed by atoms with Crippen LogP contribution >= 0.6 is 0 Å². The highest BCUT2D eigenvalue weighted by molar-refractivity contribution is 5.92. The molecule has 4 aromatic rings. The van der Waals surface area contributed by atoms with E-state index in [0.29, 0.717) is 0 Å². The largest absolute Gasteiger partial charge is 0.452 e. The lowest BCUT2D eigenvalue weighted by Crippen LogP contribution is -2.42. The highest BCUT2D eigenvalue weighted by Gasteiger charge is 2.49. The Kier molecular flexibility index (Phi) is 6.77. The summed E-state index contributed by atoms with van der Waals surface area (Å²) in [4.78, 5) is 19.7.